The van der Waals surface area contributed by atoms with Crippen molar-refractivity contribution in [1.82, 2.24) is 20.2 Å². The molecular weight excluding hydrogens is 340 g/mol. The SMILES string of the molecule is Cc1ccccc1-c1cn[nH]c1C1CCN(c2cncc(C(N)=O)n2)CC1. The molecule has 0 bridgehead atoms. The molecule has 1 amide bonds. The zero-order valence-electron chi connectivity index (χ0n) is 15.2. The van der Waals surface area contributed by atoms with E-state index in [0.717, 1.165) is 25.9 Å². The maximum Gasteiger partial charge on any atom is 0.268 e. The van der Waals surface area contributed by atoms with Crippen molar-refractivity contribution in [3.05, 3.63) is 59.8 Å². The molecule has 1 aromatic carbocycles. The predicted octanol–water partition coefficient (Wildman–Crippen LogP) is 2.66. The third kappa shape index (κ3) is 3.40. The third-order valence-corrected chi connectivity index (χ3v) is 5.21. The van der Waals surface area contributed by atoms with Crippen molar-refractivity contribution >= 4 is 11.7 Å². The first-order valence-electron chi connectivity index (χ1n) is 9.09. The maximum absolute atomic E-state index is 11.3. The van der Waals surface area contributed by atoms with Gasteiger partial charge < -0.3 is 10.6 Å². The molecule has 0 atom stereocenters. The predicted molar refractivity (Wildman–Crippen MR) is 103 cm³/mol. The van der Waals surface area contributed by atoms with Crippen molar-refractivity contribution in [2.75, 3.05) is 18.0 Å². The molecule has 27 heavy (non-hydrogen) atoms. The van der Waals surface area contributed by atoms with Gasteiger partial charge in [0.1, 0.15) is 11.5 Å². The molecular formula is C20H22N6O. The third-order valence-electron chi connectivity index (χ3n) is 5.21. The number of nitrogens with zero attached hydrogens (tertiary/aromatic N) is 4. The van der Waals surface area contributed by atoms with E-state index in [2.05, 4.69) is 56.3 Å². The largest absolute Gasteiger partial charge is 0.364 e. The highest BCUT2D eigenvalue weighted by Crippen LogP contribution is 2.35. The van der Waals surface area contributed by atoms with Gasteiger partial charge in [0, 0.05) is 30.3 Å². The number of carbonyl (C=O) groups is 1. The van der Waals surface area contributed by atoms with Gasteiger partial charge in [-0.2, -0.15) is 5.10 Å². The molecule has 3 aromatic rings. The number of nitrogens with one attached hydrogen (secondary N) is 1. The lowest BCUT2D eigenvalue weighted by molar-refractivity contribution is 0.0995. The minimum absolute atomic E-state index is 0.199. The lowest BCUT2D eigenvalue weighted by atomic mass is 9.88. The van der Waals surface area contributed by atoms with Crippen LogP contribution in [0.3, 0.4) is 0 Å². The highest BCUT2D eigenvalue weighted by molar-refractivity contribution is 5.90. The molecule has 7 heteroatoms. The van der Waals surface area contributed by atoms with Gasteiger partial charge in [-0.05, 0) is 30.9 Å². The van der Waals surface area contributed by atoms with Crippen LogP contribution in [0.2, 0.25) is 0 Å². The summed E-state index contributed by atoms with van der Waals surface area (Å²) >= 11 is 0. The van der Waals surface area contributed by atoms with Crippen molar-refractivity contribution in [2.45, 2.75) is 25.7 Å². The second-order valence-corrected chi connectivity index (χ2v) is 6.90. The van der Waals surface area contributed by atoms with Gasteiger partial charge in [-0.3, -0.25) is 14.9 Å². The summed E-state index contributed by atoms with van der Waals surface area (Å²) in [4.78, 5) is 21.9. The van der Waals surface area contributed by atoms with Crippen molar-refractivity contribution in [3.8, 4) is 11.1 Å². The van der Waals surface area contributed by atoms with Crippen molar-refractivity contribution in [2.24, 2.45) is 5.73 Å². The van der Waals surface area contributed by atoms with E-state index in [4.69, 9.17) is 5.73 Å². The Morgan fingerprint density at radius 1 is 1.15 bits per heavy atom. The van der Waals surface area contributed by atoms with Gasteiger partial charge >= 0.3 is 0 Å². The molecule has 0 unspecified atom stereocenters. The quantitative estimate of drug-likeness (QED) is 0.743. The molecule has 3 N–H and O–H groups in total. The number of hydrogen-bond acceptors (Lipinski definition) is 5. The monoisotopic (exact) mass is 362 g/mol. The lowest BCUT2D eigenvalue weighted by Gasteiger charge is -2.32. The molecule has 0 saturated carbocycles. The number of benzene rings is 1. The van der Waals surface area contributed by atoms with Crippen molar-refractivity contribution < 1.29 is 4.79 Å². The number of H-pyrrole nitrogens is 1. The molecule has 1 saturated heterocycles. The van der Waals surface area contributed by atoms with Gasteiger partial charge in [-0.1, -0.05) is 24.3 Å². The van der Waals surface area contributed by atoms with Crippen LogP contribution in [0.5, 0.6) is 0 Å². The van der Waals surface area contributed by atoms with Crippen LogP contribution in [0.1, 0.15) is 40.5 Å². The van der Waals surface area contributed by atoms with E-state index < -0.39 is 5.91 Å². The molecule has 2 aromatic heterocycles. The number of primary amides is 1. The van der Waals surface area contributed by atoms with E-state index in [-0.39, 0.29) is 5.69 Å². The Labute approximate surface area is 157 Å². The molecule has 0 radical (unpaired) electrons. The van der Waals surface area contributed by atoms with Crippen molar-refractivity contribution in [1.29, 1.82) is 0 Å². The molecule has 7 nitrogen and oxygen atoms in total. The van der Waals surface area contributed by atoms with Crippen LogP contribution in [-0.2, 0) is 0 Å². The van der Waals surface area contributed by atoms with Crippen molar-refractivity contribution in [3.63, 3.8) is 0 Å². The Kier molecular flexibility index (Phi) is 4.58. The van der Waals surface area contributed by atoms with Gasteiger partial charge in [0.25, 0.3) is 5.91 Å². The van der Waals surface area contributed by atoms with Crippen LogP contribution in [0.4, 0.5) is 5.82 Å². The highest BCUT2D eigenvalue weighted by atomic mass is 16.1. The second kappa shape index (κ2) is 7.19. The van der Waals surface area contributed by atoms with E-state index in [1.165, 1.54) is 28.6 Å². The number of nitrogens with two attached hydrogens (primary N) is 1. The molecule has 1 aliphatic rings. The number of aromatic nitrogens is 4. The first kappa shape index (κ1) is 17.2. The average molecular weight is 362 g/mol. The fraction of sp³-hybridized carbons (Fsp3) is 0.300. The maximum atomic E-state index is 11.3. The summed E-state index contributed by atoms with van der Waals surface area (Å²) in [5.74, 6) is 0.554. The normalized spacial score (nSPS) is 15.1. The zero-order chi connectivity index (χ0) is 18.8. The molecule has 0 spiro atoms. The minimum atomic E-state index is -0.556. The second-order valence-electron chi connectivity index (χ2n) is 6.90. The average Bonchev–Trinajstić information content (AvgIpc) is 3.18. The molecule has 138 valence electrons. The number of amides is 1. The standard InChI is InChI=1S/C20H22N6O/c1-13-4-2-3-5-15(13)16-10-23-25-19(16)14-6-8-26(9-7-14)18-12-22-11-17(24-18)20(21)27/h2-5,10-12,14H,6-9H2,1H3,(H2,21,27)(H,23,25). The van der Waals surface area contributed by atoms with Crippen LogP contribution in [-0.4, -0.2) is 39.2 Å². The fourth-order valence-electron chi connectivity index (χ4n) is 3.72. The fourth-order valence-corrected chi connectivity index (χ4v) is 3.72. The molecule has 1 aliphatic heterocycles. The number of anilines is 1. The first-order chi connectivity index (χ1) is 13.1. The van der Waals surface area contributed by atoms with Gasteiger partial charge in [-0.25, -0.2) is 4.98 Å². The Bertz CT molecular complexity index is 958. The summed E-state index contributed by atoms with van der Waals surface area (Å²) in [7, 11) is 0. The van der Waals surface area contributed by atoms with E-state index >= 15 is 0 Å². The summed E-state index contributed by atoms with van der Waals surface area (Å²) in [6, 6.07) is 8.38. The van der Waals surface area contributed by atoms with Gasteiger partial charge in [0.15, 0.2) is 0 Å². The summed E-state index contributed by atoms with van der Waals surface area (Å²) in [6.45, 7) is 3.81. The summed E-state index contributed by atoms with van der Waals surface area (Å²) in [5.41, 5.74) is 10.4. The molecule has 4 rings (SSSR count). The molecule has 0 aliphatic carbocycles. The number of piperidine rings is 1. The minimum Gasteiger partial charge on any atom is -0.364 e. The summed E-state index contributed by atoms with van der Waals surface area (Å²) < 4.78 is 0. The molecule has 1 fully saturated rings. The Morgan fingerprint density at radius 2 is 1.93 bits per heavy atom. The Morgan fingerprint density at radius 3 is 2.67 bits per heavy atom. The van der Waals surface area contributed by atoms with Crippen LogP contribution in [0.25, 0.3) is 11.1 Å². The topological polar surface area (TPSA) is 101 Å². The number of aromatic amines is 1. The highest BCUT2D eigenvalue weighted by Gasteiger charge is 2.25. The van der Waals surface area contributed by atoms with Gasteiger partial charge in [-0.15, -0.1) is 0 Å². The van der Waals surface area contributed by atoms with Crippen LogP contribution in [0.15, 0.2) is 42.9 Å². The number of rotatable bonds is 4. The smallest absolute Gasteiger partial charge is 0.268 e. The summed E-state index contributed by atoms with van der Waals surface area (Å²) in [5, 5.41) is 7.53. The molecule has 3 heterocycles. The van der Waals surface area contributed by atoms with E-state index in [1.807, 2.05) is 6.20 Å². The Balaban J connectivity index is 1.51. The van der Waals surface area contributed by atoms with Gasteiger partial charge in [0.2, 0.25) is 0 Å². The van der Waals surface area contributed by atoms with Crippen LogP contribution in [0, 0.1) is 6.92 Å². The van der Waals surface area contributed by atoms with E-state index in [1.54, 1.807) is 6.20 Å². The Hall–Kier alpha value is -3.22. The van der Waals surface area contributed by atoms with E-state index in [9.17, 15) is 4.79 Å². The number of hydrogen-bond donors (Lipinski definition) is 2. The summed E-state index contributed by atoms with van der Waals surface area (Å²) in [6.07, 6.45) is 6.96. The zero-order valence-corrected chi connectivity index (χ0v) is 15.2. The first-order valence-corrected chi connectivity index (χ1v) is 9.09. The number of aryl methyl sites for hydroxylation is 1. The van der Waals surface area contributed by atoms with Crippen LogP contribution >= 0.6 is 0 Å². The van der Waals surface area contributed by atoms with Crippen LogP contribution < -0.4 is 10.6 Å². The van der Waals surface area contributed by atoms with Gasteiger partial charge in [0.05, 0.1) is 18.6 Å². The van der Waals surface area contributed by atoms with E-state index in [0.29, 0.717) is 11.7 Å². The lowest BCUT2D eigenvalue weighted by Crippen LogP contribution is -2.34. The number of carbonyl (C=O) groups excluding carboxylic acids is 1.